The normalized spacial score (nSPS) is 21.7. The van der Waals surface area contributed by atoms with Crippen LogP contribution in [0, 0.1) is 5.41 Å². The van der Waals surface area contributed by atoms with Crippen LogP contribution in [0.25, 0.3) is 10.8 Å². The summed E-state index contributed by atoms with van der Waals surface area (Å²) < 4.78 is 1.18. The van der Waals surface area contributed by atoms with Crippen molar-refractivity contribution in [1.82, 2.24) is 14.7 Å². The van der Waals surface area contributed by atoms with Crippen LogP contribution in [0.3, 0.4) is 0 Å². The van der Waals surface area contributed by atoms with Gasteiger partial charge in [-0.15, -0.1) is 0 Å². The van der Waals surface area contributed by atoms with Crippen molar-refractivity contribution in [3.8, 4) is 0 Å². The molecule has 7 heteroatoms. The summed E-state index contributed by atoms with van der Waals surface area (Å²) in [4.78, 5) is 27.4. The molecule has 1 fully saturated rings. The minimum absolute atomic E-state index is 0.204. The number of rotatable bonds is 4. The molecule has 0 unspecified atom stereocenters. The van der Waals surface area contributed by atoms with Crippen LogP contribution in [-0.2, 0) is 13.5 Å². The Morgan fingerprint density at radius 1 is 1.13 bits per heavy atom. The van der Waals surface area contributed by atoms with E-state index in [0.717, 1.165) is 5.56 Å². The number of fused-ring (bicyclic) bond motifs is 1. The summed E-state index contributed by atoms with van der Waals surface area (Å²) in [5, 5.41) is 26.2. The quantitative estimate of drug-likeness (QED) is 0.681. The number of aryl methyl sites for hydroxylation is 1. The third-order valence-electron chi connectivity index (χ3n) is 6.05. The largest absolute Gasteiger partial charge is 0.396 e. The van der Waals surface area contributed by atoms with Gasteiger partial charge in [-0.1, -0.05) is 48.5 Å². The summed E-state index contributed by atoms with van der Waals surface area (Å²) in [6.07, 6.45) is 0.0936. The van der Waals surface area contributed by atoms with Crippen LogP contribution in [0.1, 0.15) is 22.5 Å². The second kappa shape index (κ2) is 8.01. The molecule has 0 aliphatic carbocycles. The Morgan fingerprint density at radius 3 is 2.50 bits per heavy atom. The van der Waals surface area contributed by atoms with Crippen LogP contribution in [0.2, 0.25) is 0 Å². The predicted octanol–water partition coefficient (Wildman–Crippen LogP) is 1.36. The summed E-state index contributed by atoms with van der Waals surface area (Å²) in [5.74, 6) is -0.306. The van der Waals surface area contributed by atoms with E-state index in [-0.39, 0.29) is 30.3 Å². The van der Waals surface area contributed by atoms with Gasteiger partial charge in [0.05, 0.1) is 18.1 Å². The number of aliphatic hydroxyl groups is 2. The van der Waals surface area contributed by atoms with Gasteiger partial charge < -0.3 is 15.1 Å². The SMILES string of the molecule is Cn1nc(C(=O)N2CC[C@@H](O)[C@@](CO)(Cc3ccccc3)C2)c2ccccc2c1=O. The molecule has 1 aliphatic heterocycles. The predicted molar refractivity (Wildman–Crippen MR) is 113 cm³/mol. The van der Waals surface area contributed by atoms with Crippen molar-refractivity contribution in [3.05, 3.63) is 76.2 Å². The average Bonchev–Trinajstić information content (AvgIpc) is 2.78. The van der Waals surface area contributed by atoms with Gasteiger partial charge in [-0.3, -0.25) is 9.59 Å². The molecule has 4 rings (SSSR count). The summed E-state index contributed by atoms with van der Waals surface area (Å²) in [5.41, 5.74) is 0.0809. The van der Waals surface area contributed by atoms with Crippen molar-refractivity contribution in [3.63, 3.8) is 0 Å². The molecule has 3 aromatic rings. The minimum atomic E-state index is -0.855. The molecule has 2 aromatic carbocycles. The highest BCUT2D eigenvalue weighted by molar-refractivity contribution is 6.04. The van der Waals surface area contributed by atoms with Crippen LogP contribution < -0.4 is 5.56 Å². The molecule has 2 atom stereocenters. The number of aliphatic hydroxyl groups excluding tert-OH is 2. The lowest BCUT2D eigenvalue weighted by atomic mass is 9.73. The molecule has 1 amide bonds. The van der Waals surface area contributed by atoms with Gasteiger partial charge in [-0.25, -0.2) is 4.68 Å². The summed E-state index contributed by atoms with van der Waals surface area (Å²) in [6.45, 7) is 0.320. The number of likely N-dealkylation sites (tertiary alicyclic amines) is 1. The van der Waals surface area contributed by atoms with E-state index >= 15 is 0 Å². The topological polar surface area (TPSA) is 95.7 Å². The van der Waals surface area contributed by atoms with Crippen molar-refractivity contribution in [2.24, 2.45) is 12.5 Å². The van der Waals surface area contributed by atoms with Crippen molar-refractivity contribution in [1.29, 1.82) is 0 Å². The highest BCUT2D eigenvalue weighted by atomic mass is 16.3. The highest BCUT2D eigenvalue weighted by Gasteiger charge is 2.44. The second-order valence-corrected chi connectivity index (χ2v) is 8.04. The Balaban J connectivity index is 1.70. The van der Waals surface area contributed by atoms with Crippen LogP contribution >= 0.6 is 0 Å². The van der Waals surface area contributed by atoms with Gasteiger partial charge >= 0.3 is 0 Å². The van der Waals surface area contributed by atoms with E-state index in [1.165, 1.54) is 11.7 Å². The first-order valence-electron chi connectivity index (χ1n) is 10.0. The Morgan fingerprint density at radius 2 is 1.80 bits per heavy atom. The molecule has 0 radical (unpaired) electrons. The first-order chi connectivity index (χ1) is 14.4. The van der Waals surface area contributed by atoms with E-state index in [2.05, 4.69) is 5.10 Å². The summed E-state index contributed by atoms with van der Waals surface area (Å²) in [7, 11) is 1.53. The minimum Gasteiger partial charge on any atom is -0.396 e. The van der Waals surface area contributed by atoms with Crippen LogP contribution in [-0.4, -0.2) is 56.6 Å². The molecule has 7 nitrogen and oxygen atoms in total. The van der Waals surface area contributed by atoms with Crippen molar-refractivity contribution < 1.29 is 15.0 Å². The third kappa shape index (κ3) is 3.51. The molecule has 0 spiro atoms. The van der Waals surface area contributed by atoms with E-state index in [1.54, 1.807) is 29.2 Å². The molecule has 2 N–H and O–H groups in total. The number of hydrogen-bond donors (Lipinski definition) is 2. The van der Waals surface area contributed by atoms with E-state index in [9.17, 15) is 19.8 Å². The number of aromatic nitrogens is 2. The monoisotopic (exact) mass is 407 g/mol. The van der Waals surface area contributed by atoms with E-state index < -0.39 is 11.5 Å². The summed E-state index contributed by atoms with van der Waals surface area (Å²) >= 11 is 0. The van der Waals surface area contributed by atoms with Crippen molar-refractivity contribution in [2.75, 3.05) is 19.7 Å². The second-order valence-electron chi connectivity index (χ2n) is 8.04. The number of carbonyl (C=O) groups is 1. The van der Waals surface area contributed by atoms with Crippen molar-refractivity contribution in [2.45, 2.75) is 18.9 Å². The third-order valence-corrected chi connectivity index (χ3v) is 6.05. The Hall–Kier alpha value is -3.03. The Bertz CT molecular complexity index is 1130. The molecule has 0 saturated carbocycles. The molecule has 0 bridgehead atoms. The van der Waals surface area contributed by atoms with E-state index in [4.69, 9.17) is 0 Å². The number of hydrogen-bond acceptors (Lipinski definition) is 5. The first-order valence-corrected chi connectivity index (χ1v) is 10.0. The number of piperidine rings is 1. The van der Waals surface area contributed by atoms with E-state index in [0.29, 0.717) is 30.2 Å². The summed E-state index contributed by atoms with van der Waals surface area (Å²) in [6, 6.07) is 16.6. The zero-order valence-electron chi connectivity index (χ0n) is 16.9. The zero-order valence-corrected chi connectivity index (χ0v) is 16.9. The van der Waals surface area contributed by atoms with Gasteiger partial charge in [0, 0.05) is 30.9 Å². The molecule has 1 aliphatic rings. The fourth-order valence-electron chi connectivity index (χ4n) is 4.32. The Kier molecular flexibility index (Phi) is 5.40. The lowest BCUT2D eigenvalue weighted by molar-refractivity contribution is -0.0669. The molecule has 2 heterocycles. The molecular weight excluding hydrogens is 382 g/mol. The number of benzene rings is 2. The van der Waals surface area contributed by atoms with Crippen LogP contribution in [0.4, 0.5) is 0 Å². The number of amides is 1. The maximum absolute atomic E-state index is 13.4. The molecule has 1 aromatic heterocycles. The number of nitrogens with zero attached hydrogens (tertiary/aromatic N) is 3. The van der Waals surface area contributed by atoms with E-state index in [1.807, 2.05) is 30.3 Å². The van der Waals surface area contributed by atoms with Gasteiger partial charge in [0.15, 0.2) is 5.69 Å². The van der Waals surface area contributed by atoms with Gasteiger partial charge in [0.2, 0.25) is 0 Å². The Labute approximate surface area is 174 Å². The van der Waals surface area contributed by atoms with Gasteiger partial charge in [-0.05, 0) is 24.5 Å². The van der Waals surface area contributed by atoms with Crippen molar-refractivity contribution >= 4 is 16.7 Å². The van der Waals surface area contributed by atoms with Gasteiger partial charge in [0.25, 0.3) is 11.5 Å². The smallest absolute Gasteiger partial charge is 0.274 e. The molecule has 30 heavy (non-hydrogen) atoms. The average molecular weight is 407 g/mol. The fourth-order valence-corrected chi connectivity index (χ4v) is 4.32. The van der Waals surface area contributed by atoms with Crippen LogP contribution in [0.15, 0.2) is 59.4 Å². The maximum atomic E-state index is 13.4. The fraction of sp³-hybridized carbons (Fsp3) is 0.348. The van der Waals surface area contributed by atoms with Crippen LogP contribution in [0.5, 0.6) is 0 Å². The lowest BCUT2D eigenvalue weighted by Gasteiger charge is -2.45. The molecule has 1 saturated heterocycles. The molecular formula is C23H25N3O4. The molecule has 156 valence electrons. The maximum Gasteiger partial charge on any atom is 0.274 e. The number of carbonyl (C=O) groups excluding carboxylic acids is 1. The van der Waals surface area contributed by atoms with Gasteiger partial charge in [0.1, 0.15) is 0 Å². The van der Waals surface area contributed by atoms with Gasteiger partial charge in [-0.2, -0.15) is 5.10 Å². The lowest BCUT2D eigenvalue weighted by Crippen LogP contribution is -2.56. The highest BCUT2D eigenvalue weighted by Crippen LogP contribution is 2.34. The first kappa shape index (κ1) is 20.3. The zero-order chi connectivity index (χ0) is 21.3. The standard InChI is InChI=1S/C23H25N3O4/c1-25-21(29)18-10-6-5-9-17(18)20(24-25)22(30)26-12-11-19(28)23(14-26,15-27)13-16-7-3-2-4-8-16/h2-10,19,27-28H,11-15H2,1H3/t19-,23+/m1/s1.